The van der Waals surface area contributed by atoms with Crippen LogP contribution < -0.4 is 0 Å². The summed E-state index contributed by atoms with van der Waals surface area (Å²) in [6.45, 7) is 2.06. The van der Waals surface area contributed by atoms with E-state index in [2.05, 4.69) is 30.0 Å². The van der Waals surface area contributed by atoms with E-state index in [0.717, 1.165) is 11.1 Å². The summed E-state index contributed by atoms with van der Waals surface area (Å²) in [7, 11) is 4.00. The summed E-state index contributed by atoms with van der Waals surface area (Å²) in [4.78, 5) is 13.2. The minimum absolute atomic E-state index is 0.0502. The zero-order valence-electron chi connectivity index (χ0n) is 12.0. The number of carboxylic acids is 1. The van der Waals surface area contributed by atoms with E-state index < -0.39 is 5.97 Å². The van der Waals surface area contributed by atoms with Crippen molar-refractivity contribution in [2.24, 2.45) is 0 Å². The Labute approximate surface area is 119 Å². The maximum atomic E-state index is 11.1. The highest BCUT2D eigenvalue weighted by Gasteiger charge is 2.17. The van der Waals surface area contributed by atoms with Crippen molar-refractivity contribution in [1.82, 2.24) is 4.90 Å². The Balaban J connectivity index is 2.49. The Morgan fingerprint density at radius 2 is 1.65 bits per heavy atom. The van der Waals surface area contributed by atoms with Crippen LogP contribution in [0.5, 0.6) is 0 Å². The van der Waals surface area contributed by atoms with Crippen LogP contribution in [0.25, 0.3) is 0 Å². The molecule has 0 spiro atoms. The molecule has 0 aromatic heterocycles. The van der Waals surface area contributed by atoms with Gasteiger partial charge in [-0.25, -0.2) is 4.79 Å². The second-order valence-corrected chi connectivity index (χ2v) is 5.21. The molecule has 1 unspecified atom stereocenters. The van der Waals surface area contributed by atoms with Gasteiger partial charge in [-0.2, -0.15) is 0 Å². The van der Waals surface area contributed by atoms with Gasteiger partial charge in [0.25, 0.3) is 0 Å². The predicted molar refractivity (Wildman–Crippen MR) is 80.1 cm³/mol. The van der Waals surface area contributed by atoms with Crippen molar-refractivity contribution in [2.75, 3.05) is 14.1 Å². The maximum Gasteiger partial charge on any atom is 0.335 e. The van der Waals surface area contributed by atoms with Gasteiger partial charge in [0, 0.05) is 0 Å². The van der Waals surface area contributed by atoms with Crippen LogP contribution in [0.3, 0.4) is 0 Å². The van der Waals surface area contributed by atoms with Gasteiger partial charge < -0.3 is 5.11 Å². The number of hydrogen-bond acceptors (Lipinski definition) is 2. The number of carbonyl (C=O) groups is 1. The number of aryl methyl sites for hydroxylation is 1. The van der Waals surface area contributed by atoms with Gasteiger partial charge in [0.15, 0.2) is 0 Å². The Morgan fingerprint density at radius 1 is 1.05 bits per heavy atom. The second-order valence-electron chi connectivity index (χ2n) is 5.21. The van der Waals surface area contributed by atoms with Crippen LogP contribution in [0.2, 0.25) is 0 Å². The number of rotatable bonds is 4. The first-order valence-corrected chi connectivity index (χ1v) is 6.55. The number of nitrogens with zero attached hydrogens (tertiary/aromatic N) is 1. The van der Waals surface area contributed by atoms with Crippen molar-refractivity contribution in [1.29, 1.82) is 0 Å². The monoisotopic (exact) mass is 269 g/mol. The van der Waals surface area contributed by atoms with Crippen molar-refractivity contribution in [2.45, 2.75) is 13.0 Å². The van der Waals surface area contributed by atoms with Crippen molar-refractivity contribution in [3.8, 4) is 0 Å². The Morgan fingerprint density at radius 3 is 2.20 bits per heavy atom. The topological polar surface area (TPSA) is 40.5 Å². The molecule has 0 aliphatic rings. The van der Waals surface area contributed by atoms with Gasteiger partial charge in [-0.1, -0.05) is 42.0 Å². The summed E-state index contributed by atoms with van der Waals surface area (Å²) in [5.41, 5.74) is 3.67. The van der Waals surface area contributed by atoms with Gasteiger partial charge in [-0.05, 0) is 44.3 Å². The summed E-state index contributed by atoms with van der Waals surface area (Å²) in [5.74, 6) is -0.895. The van der Waals surface area contributed by atoms with Crippen LogP contribution in [0.4, 0.5) is 0 Å². The summed E-state index contributed by atoms with van der Waals surface area (Å²) in [6.07, 6.45) is 0. The van der Waals surface area contributed by atoms with E-state index in [1.54, 1.807) is 18.2 Å². The van der Waals surface area contributed by atoms with Gasteiger partial charge in [0.05, 0.1) is 11.6 Å². The van der Waals surface area contributed by atoms with Crippen LogP contribution in [0.15, 0.2) is 48.5 Å². The summed E-state index contributed by atoms with van der Waals surface area (Å²) < 4.78 is 0. The second kappa shape index (κ2) is 5.88. The van der Waals surface area contributed by atoms with E-state index in [1.807, 2.05) is 26.2 Å². The van der Waals surface area contributed by atoms with Gasteiger partial charge in [0.2, 0.25) is 0 Å². The van der Waals surface area contributed by atoms with Crippen LogP contribution in [0, 0.1) is 6.92 Å². The van der Waals surface area contributed by atoms with E-state index in [-0.39, 0.29) is 6.04 Å². The zero-order valence-corrected chi connectivity index (χ0v) is 12.0. The molecule has 0 amide bonds. The quantitative estimate of drug-likeness (QED) is 0.925. The fraction of sp³-hybridized carbons (Fsp3) is 0.235. The first-order valence-electron chi connectivity index (χ1n) is 6.55. The third-order valence-electron chi connectivity index (χ3n) is 3.32. The molecule has 104 valence electrons. The molecule has 2 rings (SSSR count). The average molecular weight is 269 g/mol. The lowest BCUT2D eigenvalue weighted by Crippen LogP contribution is -2.21. The SMILES string of the molecule is Cc1cccc(C(c2cccc(C(=O)O)c2)N(C)C)c1. The molecule has 0 aliphatic carbocycles. The maximum absolute atomic E-state index is 11.1. The number of benzene rings is 2. The Kier molecular flexibility index (Phi) is 4.20. The molecule has 20 heavy (non-hydrogen) atoms. The first kappa shape index (κ1) is 14.3. The molecule has 2 aromatic carbocycles. The molecule has 0 saturated carbocycles. The minimum atomic E-state index is -0.895. The summed E-state index contributed by atoms with van der Waals surface area (Å²) in [5, 5.41) is 9.13. The van der Waals surface area contributed by atoms with Gasteiger partial charge in [-0.15, -0.1) is 0 Å². The van der Waals surface area contributed by atoms with Crippen molar-refractivity contribution < 1.29 is 9.90 Å². The highest BCUT2D eigenvalue weighted by molar-refractivity contribution is 5.87. The Hall–Kier alpha value is -2.13. The van der Waals surface area contributed by atoms with Gasteiger partial charge in [-0.3, -0.25) is 4.90 Å². The molecule has 2 aromatic rings. The van der Waals surface area contributed by atoms with E-state index in [9.17, 15) is 4.79 Å². The van der Waals surface area contributed by atoms with Crippen molar-refractivity contribution in [3.63, 3.8) is 0 Å². The standard InChI is InChI=1S/C17H19NO2/c1-12-6-4-7-13(10-12)16(18(2)3)14-8-5-9-15(11-14)17(19)20/h4-11,16H,1-3H3,(H,19,20). The Bertz CT molecular complexity index is 620. The molecule has 0 heterocycles. The van der Waals surface area contributed by atoms with Crippen LogP contribution >= 0.6 is 0 Å². The van der Waals surface area contributed by atoms with E-state index in [0.29, 0.717) is 5.56 Å². The molecule has 0 radical (unpaired) electrons. The summed E-state index contributed by atoms with van der Waals surface area (Å²) >= 11 is 0. The molecule has 3 heteroatoms. The number of aromatic carboxylic acids is 1. The molecular formula is C17H19NO2. The highest BCUT2D eigenvalue weighted by atomic mass is 16.4. The largest absolute Gasteiger partial charge is 0.478 e. The van der Waals surface area contributed by atoms with Crippen molar-refractivity contribution in [3.05, 3.63) is 70.8 Å². The molecule has 0 saturated heterocycles. The first-order chi connectivity index (χ1) is 9.49. The highest BCUT2D eigenvalue weighted by Crippen LogP contribution is 2.27. The van der Waals surface area contributed by atoms with Gasteiger partial charge >= 0.3 is 5.97 Å². The van der Waals surface area contributed by atoms with E-state index in [4.69, 9.17) is 5.11 Å². The lowest BCUT2D eigenvalue weighted by molar-refractivity contribution is 0.0696. The molecule has 3 nitrogen and oxygen atoms in total. The molecule has 0 bridgehead atoms. The lowest BCUT2D eigenvalue weighted by Gasteiger charge is -2.26. The summed E-state index contributed by atoms with van der Waals surface area (Å²) in [6, 6.07) is 15.5. The molecule has 0 fully saturated rings. The molecular weight excluding hydrogens is 250 g/mol. The zero-order chi connectivity index (χ0) is 14.7. The van der Waals surface area contributed by atoms with Crippen LogP contribution in [-0.2, 0) is 0 Å². The van der Waals surface area contributed by atoms with E-state index in [1.165, 1.54) is 5.56 Å². The van der Waals surface area contributed by atoms with Gasteiger partial charge in [0.1, 0.15) is 0 Å². The fourth-order valence-corrected chi connectivity index (χ4v) is 2.47. The predicted octanol–water partition coefficient (Wildman–Crippen LogP) is 3.34. The molecule has 1 atom stereocenters. The van der Waals surface area contributed by atoms with Crippen LogP contribution in [-0.4, -0.2) is 30.1 Å². The third-order valence-corrected chi connectivity index (χ3v) is 3.32. The van der Waals surface area contributed by atoms with E-state index >= 15 is 0 Å². The lowest BCUT2D eigenvalue weighted by atomic mass is 9.95. The molecule has 0 aliphatic heterocycles. The molecule has 1 N–H and O–H groups in total. The number of carboxylic acid groups (broad SMARTS) is 1. The van der Waals surface area contributed by atoms with Crippen molar-refractivity contribution >= 4 is 5.97 Å². The minimum Gasteiger partial charge on any atom is -0.478 e. The van der Waals surface area contributed by atoms with Crippen LogP contribution in [0.1, 0.15) is 33.1 Å². The average Bonchev–Trinajstić information content (AvgIpc) is 2.39. The fourth-order valence-electron chi connectivity index (χ4n) is 2.47. The normalized spacial score (nSPS) is 12.4. The number of hydrogen-bond donors (Lipinski definition) is 1. The smallest absolute Gasteiger partial charge is 0.335 e. The third kappa shape index (κ3) is 3.06.